The fraction of sp³-hybridized carbons (Fsp3) is 0.353. The molecule has 7 heteroatoms. The van der Waals surface area contributed by atoms with E-state index >= 15 is 0 Å². The molecule has 0 saturated heterocycles. The molecule has 4 nitrogen and oxygen atoms in total. The number of nitrogens with zero attached hydrogens (tertiary/aromatic N) is 1. The van der Waals surface area contributed by atoms with Gasteiger partial charge in [-0.2, -0.15) is 0 Å². The molecule has 0 aliphatic carbocycles. The van der Waals surface area contributed by atoms with Crippen molar-refractivity contribution in [3.8, 4) is 0 Å². The van der Waals surface area contributed by atoms with Gasteiger partial charge in [0.2, 0.25) is 0 Å². The molecule has 0 unspecified atom stereocenters. The van der Waals surface area contributed by atoms with Crippen LogP contribution in [-0.2, 0) is 0 Å². The highest BCUT2D eigenvalue weighted by atomic mass is 35.5. The van der Waals surface area contributed by atoms with Crippen LogP contribution in [0.3, 0.4) is 0 Å². The Kier molecular flexibility index (Phi) is 5.81. The number of amides is 1. The average Bonchev–Trinajstić information content (AvgIpc) is 2.88. The third-order valence-corrected chi connectivity index (χ3v) is 5.12. The van der Waals surface area contributed by atoms with Gasteiger partial charge in [-0.1, -0.05) is 35.3 Å². The first-order chi connectivity index (χ1) is 11.1. The average molecular weight is 388 g/mol. The second kappa shape index (κ2) is 7.31. The lowest BCUT2D eigenvalue weighted by atomic mass is 9.95. The van der Waals surface area contributed by atoms with Crippen molar-refractivity contribution in [1.29, 1.82) is 0 Å². The minimum atomic E-state index is -1.11. The molecule has 2 N–H and O–H groups in total. The second-order valence-corrected chi connectivity index (χ2v) is 8.59. The van der Waals surface area contributed by atoms with Gasteiger partial charge in [0.25, 0.3) is 0 Å². The van der Waals surface area contributed by atoms with E-state index in [1.165, 1.54) is 16.2 Å². The Bertz CT molecular complexity index is 727. The molecule has 130 valence electrons. The number of aliphatic hydroxyl groups is 1. The SMILES string of the molecule is CC(C)(C)N(C(=O)O)[C@H](c1ccc(Cl)s1)[C@H](O)c1cccc(Cl)c1. The van der Waals surface area contributed by atoms with Gasteiger partial charge in [-0.05, 0) is 50.6 Å². The number of aliphatic hydroxyl groups excluding tert-OH is 1. The lowest BCUT2D eigenvalue weighted by Gasteiger charge is -2.41. The standard InChI is InChI=1S/C17H19Cl2NO3S/c1-17(2,3)20(16(22)23)14(12-7-8-13(19)24-12)15(21)10-5-4-6-11(18)9-10/h4-9,14-15,21H,1-3H3,(H,22,23)/t14-,15-/m1/s1. The fourth-order valence-corrected chi connectivity index (χ4v) is 3.99. The van der Waals surface area contributed by atoms with Crippen LogP contribution in [0.15, 0.2) is 36.4 Å². The number of hydrogen-bond donors (Lipinski definition) is 2. The molecule has 0 bridgehead atoms. The summed E-state index contributed by atoms with van der Waals surface area (Å²) < 4.78 is 0.535. The quantitative estimate of drug-likeness (QED) is 0.716. The lowest BCUT2D eigenvalue weighted by Crippen LogP contribution is -2.48. The van der Waals surface area contributed by atoms with Crippen LogP contribution in [-0.4, -0.2) is 26.7 Å². The molecule has 1 aromatic carbocycles. The molecule has 0 aliphatic heterocycles. The monoisotopic (exact) mass is 387 g/mol. The Balaban J connectivity index is 2.56. The Hall–Kier alpha value is -1.27. The molecule has 2 atom stereocenters. The molecule has 1 aromatic heterocycles. The van der Waals surface area contributed by atoms with Gasteiger partial charge in [0, 0.05) is 15.4 Å². The first-order valence-corrected chi connectivity index (χ1v) is 8.89. The molecular formula is C17H19Cl2NO3S. The van der Waals surface area contributed by atoms with Crippen molar-refractivity contribution in [3.63, 3.8) is 0 Å². The molecule has 24 heavy (non-hydrogen) atoms. The zero-order valence-corrected chi connectivity index (χ0v) is 15.9. The van der Waals surface area contributed by atoms with Crippen molar-refractivity contribution in [2.75, 3.05) is 0 Å². The minimum Gasteiger partial charge on any atom is -0.465 e. The van der Waals surface area contributed by atoms with Crippen LogP contribution in [0, 0.1) is 0 Å². The summed E-state index contributed by atoms with van der Waals surface area (Å²) in [6.45, 7) is 5.36. The second-order valence-electron chi connectivity index (χ2n) is 6.41. The number of benzene rings is 1. The van der Waals surface area contributed by atoms with Gasteiger partial charge in [-0.25, -0.2) is 4.79 Å². The zero-order chi connectivity index (χ0) is 18.1. The van der Waals surface area contributed by atoms with Crippen molar-refractivity contribution >= 4 is 40.6 Å². The third-order valence-electron chi connectivity index (χ3n) is 3.58. The van der Waals surface area contributed by atoms with Crippen molar-refractivity contribution in [2.45, 2.75) is 38.5 Å². The van der Waals surface area contributed by atoms with Crippen LogP contribution in [0.4, 0.5) is 4.79 Å². The maximum atomic E-state index is 11.9. The van der Waals surface area contributed by atoms with E-state index in [0.29, 0.717) is 19.8 Å². The first kappa shape index (κ1) is 19.1. The highest BCUT2D eigenvalue weighted by Crippen LogP contribution is 2.42. The van der Waals surface area contributed by atoms with Gasteiger partial charge in [0.1, 0.15) is 12.1 Å². The topological polar surface area (TPSA) is 60.8 Å². The lowest BCUT2D eigenvalue weighted by molar-refractivity contribution is 0.00651. The van der Waals surface area contributed by atoms with E-state index in [9.17, 15) is 15.0 Å². The summed E-state index contributed by atoms with van der Waals surface area (Å²) in [5.74, 6) is 0. The Morgan fingerprint density at radius 1 is 1.21 bits per heavy atom. The smallest absolute Gasteiger partial charge is 0.408 e. The van der Waals surface area contributed by atoms with Gasteiger partial charge >= 0.3 is 6.09 Å². The van der Waals surface area contributed by atoms with E-state index in [-0.39, 0.29) is 0 Å². The number of halogens is 2. The molecule has 2 aromatic rings. The normalized spacial score (nSPS) is 14.2. The molecule has 1 heterocycles. The maximum Gasteiger partial charge on any atom is 0.408 e. The van der Waals surface area contributed by atoms with Gasteiger partial charge in [0.05, 0.1) is 4.34 Å². The highest BCUT2D eigenvalue weighted by Gasteiger charge is 2.39. The highest BCUT2D eigenvalue weighted by molar-refractivity contribution is 7.16. The van der Waals surface area contributed by atoms with Crippen LogP contribution in [0.5, 0.6) is 0 Å². The Morgan fingerprint density at radius 2 is 1.88 bits per heavy atom. The molecule has 0 radical (unpaired) electrons. The molecule has 2 rings (SSSR count). The van der Waals surface area contributed by atoms with E-state index in [0.717, 1.165) is 0 Å². The van der Waals surface area contributed by atoms with E-state index < -0.39 is 23.8 Å². The first-order valence-electron chi connectivity index (χ1n) is 7.32. The van der Waals surface area contributed by atoms with E-state index in [4.69, 9.17) is 23.2 Å². The van der Waals surface area contributed by atoms with Gasteiger partial charge in [0.15, 0.2) is 0 Å². The minimum absolute atomic E-state index is 0.479. The van der Waals surface area contributed by atoms with Crippen LogP contribution in [0.1, 0.15) is 43.4 Å². The zero-order valence-electron chi connectivity index (χ0n) is 13.5. The fourth-order valence-electron chi connectivity index (χ4n) is 2.61. The maximum absolute atomic E-state index is 11.9. The summed E-state index contributed by atoms with van der Waals surface area (Å²) in [6.07, 6.45) is -2.19. The van der Waals surface area contributed by atoms with Crippen LogP contribution in [0.2, 0.25) is 9.36 Å². The summed E-state index contributed by atoms with van der Waals surface area (Å²) in [5, 5.41) is 21.2. The van der Waals surface area contributed by atoms with Crippen LogP contribution < -0.4 is 0 Å². The van der Waals surface area contributed by atoms with Crippen molar-refractivity contribution in [3.05, 3.63) is 56.2 Å². The molecule has 0 aliphatic rings. The molecule has 1 amide bonds. The van der Waals surface area contributed by atoms with E-state index in [1.807, 2.05) is 0 Å². The summed E-state index contributed by atoms with van der Waals surface area (Å²) in [4.78, 5) is 13.9. The Labute approximate surface area is 155 Å². The van der Waals surface area contributed by atoms with Crippen LogP contribution >= 0.6 is 34.5 Å². The largest absolute Gasteiger partial charge is 0.465 e. The number of carbonyl (C=O) groups is 1. The predicted molar refractivity (Wildman–Crippen MR) is 98.1 cm³/mol. The summed E-state index contributed by atoms with van der Waals surface area (Å²) in [7, 11) is 0. The van der Waals surface area contributed by atoms with Crippen LogP contribution in [0.25, 0.3) is 0 Å². The number of hydrogen-bond acceptors (Lipinski definition) is 3. The van der Waals surface area contributed by atoms with Crippen molar-refractivity contribution in [1.82, 2.24) is 4.90 Å². The molecule has 0 fully saturated rings. The van der Waals surface area contributed by atoms with E-state index in [1.54, 1.807) is 57.2 Å². The van der Waals surface area contributed by atoms with Gasteiger partial charge in [-0.3, -0.25) is 4.90 Å². The number of rotatable bonds is 4. The summed E-state index contributed by atoms with van der Waals surface area (Å²) in [6, 6.07) is 9.43. The third kappa shape index (κ3) is 4.22. The van der Waals surface area contributed by atoms with Gasteiger partial charge in [-0.15, -0.1) is 11.3 Å². The predicted octanol–water partition coefficient (Wildman–Crippen LogP) is 5.61. The molecular weight excluding hydrogens is 369 g/mol. The van der Waals surface area contributed by atoms with Crippen molar-refractivity contribution in [2.24, 2.45) is 0 Å². The molecule has 0 saturated carbocycles. The number of carboxylic acid groups (broad SMARTS) is 1. The van der Waals surface area contributed by atoms with E-state index in [2.05, 4.69) is 0 Å². The number of thiophene rings is 1. The Morgan fingerprint density at radius 3 is 2.33 bits per heavy atom. The van der Waals surface area contributed by atoms with Crippen molar-refractivity contribution < 1.29 is 15.0 Å². The van der Waals surface area contributed by atoms with Gasteiger partial charge < -0.3 is 10.2 Å². The molecule has 0 spiro atoms. The summed E-state index contributed by atoms with van der Waals surface area (Å²) in [5.41, 5.74) is -0.167. The summed E-state index contributed by atoms with van der Waals surface area (Å²) >= 11 is 13.3.